The van der Waals surface area contributed by atoms with Gasteiger partial charge < -0.3 is 10.8 Å². The summed E-state index contributed by atoms with van der Waals surface area (Å²) < 4.78 is 24.6. The van der Waals surface area contributed by atoms with Gasteiger partial charge in [0.25, 0.3) is 6.43 Å². The molecule has 3 N–H and O–H groups in total. The molecule has 0 fully saturated rings. The number of hydrogen-bond acceptors (Lipinski definition) is 3. The summed E-state index contributed by atoms with van der Waals surface area (Å²) >= 11 is 4.83. The molecule has 0 bridgehead atoms. The average Bonchev–Trinajstić information content (AvgIpc) is 2.29. The van der Waals surface area contributed by atoms with Crippen LogP contribution >= 0.6 is 12.2 Å². The lowest BCUT2D eigenvalue weighted by Crippen LogP contribution is -2.31. The van der Waals surface area contributed by atoms with Crippen molar-refractivity contribution in [2.24, 2.45) is 5.73 Å². The summed E-state index contributed by atoms with van der Waals surface area (Å²) in [5, 5.41) is 8.82. The van der Waals surface area contributed by atoms with Gasteiger partial charge in [0.15, 0.2) is 0 Å². The van der Waals surface area contributed by atoms with Gasteiger partial charge in [0.2, 0.25) is 0 Å². The highest BCUT2D eigenvalue weighted by molar-refractivity contribution is 7.80. The van der Waals surface area contributed by atoms with Gasteiger partial charge in [-0.05, 0) is 5.56 Å². The summed E-state index contributed by atoms with van der Waals surface area (Å²) in [6, 6.07) is 7.11. The minimum absolute atomic E-state index is 0.141. The highest BCUT2D eigenvalue weighted by Crippen LogP contribution is 2.09. The van der Waals surface area contributed by atoms with Crippen LogP contribution in [0.15, 0.2) is 24.3 Å². The van der Waals surface area contributed by atoms with E-state index in [4.69, 9.17) is 23.1 Å². The fourth-order valence-electron chi connectivity index (χ4n) is 1.60. The van der Waals surface area contributed by atoms with Gasteiger partial charge in [0.05, 0.1) is 13.2 Å². The molecule has 0 unspecified atom stereocenters. The van der Waals surface area contributed by atoms with Gasteiger partial charge in [-0.2, -0.15) is 0 Å². The molecule has 0 aliphatic rings. The molecular weight excluding hydrogens is 258 g/mol. The molecule has 0 amide bonds. The van der Waals surface area contributed by atoms with Crippen LogP contribution in [0.4, 0.5) is 8.78 Å². The fraction of sp³-hybridized carbons (Fsp3) is 0.417. The summed E-state index contributed by atoms with van der Waals surface area (Å²) in [6.07, 6.45) is -2.41. The maximum Gasteiger partial charge on any atom is 0.251 e. The second kappa shape index (κ2) is 7.35. The Morgan fingerprint density at radius 2 is 1.94 bits per heavy atom. The van der Waals surface area contributed by atoms with Gasteiger partial charge in [0, 0.05) is 18.7 Å². The van der Waals surface area contributed by atoms with Crippen LogP contribution < -0.4 is 5.73 Å². The van der Waals surface area contributed by atoms with Crippen LogP contribution in [0.3, 0.4) is 0 Å². The van der Waals surface area contributed by atoms with Crippen molar-refractivity contribution < 1.29 is 13.9 Å². The maximum absolute atomic E-state index is 12.3. The maximum atomic E-state index is 12.3. The Kier molecular flexibility index (Phi) is 6.11. The zero-order valence-corrected chi connectivity index (χ0v) is 10.7. The lowest BCUT2D eigenvalue weighted by molar-refractivity contribution is 0.0746. The van der Waals surface area contributed by atoms with Gasteiger partial charge in [0.1, 0.15) is 4.99 Å². The topological polar surface area (TPSA) is 49.5 Å². The van der Waals surface area contributed by atoms with Crippen LogP contribution in [-0.4, -0.2) is 41.1 Å². The third-order valence-electron chi connectivity index (χ3n) is 2.46. The largest absolute Gasteiger partial charge is 0.395 e. The summed E-state index contributed by atoms with van der Waals surface area (Å²) in [6.45, 7) is 0.0964. The molecule has 0 atom stereocenters. The van der Waals surface area contributed by atoms with E-state index < -0.39 is 6.43 Å². The molecule has 100 valence electrons. The monoisotopic (exact) mass is 274 g/mol. The number of nitrogens with two attached hydrogens (primary N) is 1. The standard InChI is InChI=1S/C12H16F2N2OS/c13-11(14)8-16(5-6-17)7-9-1-3-10(4-2-9)12(15)18/h1-4,11,17H,5-8H2,(H2,15,18). The molecule has 1 aromatic carbocycles. The normalized spacial score (nSPS) is 11.2. The SMILES string of the molecule is NC(=S)c1ccc(CN(CCO)CC(F)F)cc1. The van der Waals surface area contributed by atoms with Crippen LogP contribution in [0, 0.1) is 0 Å². The number of halogens is 2. The third-order valence-corrected chi connectivity index (χ3v) is 2.69. The average molecular weight is 274 g/mol. The number of aliphatic hydroxyl groups is 1. The number of alkyl halides is 2. The third kappa shape index (κ3) is 5.03. The van der Waals surface area contributed by atoms with Crippen LogP contribution in [0.1, 0.15) is 11.1 Å². The Morgan fingerprint density at radius 1 is 1.33 bits per heavy atom. The van der Waals surface area contributed by atoms with E-state index in [1.54, 1.807) is 24.3 Å². The van der Waals surface area contributed by atoms with E-state index in [1.807, 2.05) is 0 Å². The summed E-state index contributed by atoms with van der Waals surface area (Å²) in [5.74, 6) is 0. The van der Waals surface area contributed by atoms with Crippen LogP contribution in [0.2, 0.25) is 0 Å². The molecule has 0 aliphatic heterocycles. The predicted molar refractivity (Wildman–Crippen MR) is 70.7 cm³/mol. The minimum atomic E-state index is -2.41. The molecule has 0 aromatic heterocycles. The van der Waals surface area contributed by atoms with Gasteiger partial charge in [-0.3, -0.25) is 4.90 Å². The van der Waals surface area contributed by atoms with Crippen molar-refractivity contribution in [2.45, 2.75) is 13.0 Å². The van der Waals surface area contributed by atoms with E-state index >= 15 is 0 Å². The molecule has 0 radical (unpaired) electrons. The van der Waals surface area contributed by atoms with Crippen molar-refractivity contribution in [2.75, 3.05) is 19.7 Å². The summed E-state index contributed by atoms with van der Waals surface area (Å²) in [4.78, 5) is 1.81. The van der Waals surface area contributed by atoms with Gasteiger partial charge in [-0.1, -0.05) is 36.5 Å². The molecule has 1 rings (SSSR count). The van der Waals surface area contributed by atoms with Gasteiger partial charge in [-0.25, -0.2) is 8.78 Å². The Bertz CT molecular complexity index is 384. The first-order valence-electron chi connectivity index (χ1n) is 5.53. The lowest BCUT2D eigenvalue weighted by Gasteiger charge is -2.20. The highest BCUT2D eigenvalue weighted by Gasteiger charge is 2.12. The van der Waals surface area contributed by atoms with Crippen molar-refractivity contribution in [3.63, 3.8) is 0 Å². The first-order valence-corrected chi connectivity index (χ1v) is 5.94. The number of benzene rings is 1. The zero-order valence-electron chi connectivity index (χ0n) is 9.85. The Hall–Kier alpha value is -1.11. The lowest BCUT2D eigenvalue weighted by atomic mass is 10.1. The van der Waals surface area contributed by atoms with E-state index in [-0.39, 0.29) is 19.7 Å². The predicted octanol–water partition coefficient (Wildman–Crippen LogP) is 1.38. The van der Waals surface area contributed by atoms with Gasteiger partial charge in [-0.15, -0.1) is 0 Å². The molecule has 0 saturated heterocycles. The summed E-state index contributed by atoms with van der Waals surface area (Å²) in [5.41, 5.74) is 7.09. The molecule has 0 saturated carbocycles. The van der Waals surface area contributed by atoms with Crippen molar-refractivity contribution in [1.29, 1.82) is 0 Å². The molecule has 1 aromatic rings. The molecule has 0 heterocycles. The smallest absolute Gasteiger partial charge is 0.251 e. The minimum Gasteiger partial charge on any atom is -0.395 e. The molecular formula is C12H16F2N2OS. The Morgan fingerprint density at radius 3 is 2.39 bits per heavy atom. The van der Waals surface area contributed by atoms with E-state index in [0.717, 1.165) is 11.1 Å². The van der Waals surface area contributed by atoms with Crippen LogP contribution in [0.5, 0.6) is 0 Å². The second-order valence-corrected chi connectivity index (χ2v) is 4.35. The van der Waals surface area contributed by atoms with E-state index in [1.165, 1.54) is 4.90 Å². The summed E-state index contributed by atoms with van der Waals surface area (Å²) in [7, 11) is 0. The van der Waals surface area contributed by atoms with E-state index in [9.17, 15) is 8.78 Å². The Labute approximate surface area is 110 Å². The number of hydrogen-bond donors (Lipinski definition) is 2. The van der Waals surface area contributed by atoms with Crippen LogP contribution in [0.25, 0.3) is 0 Å². The molecule has 18 heavy (non-hydrogen) atoms. The fourth-order valence-corrected chi connectivity index (χ4v) is 1.74. The molecule has 0 aliphatic carbocycles. The zero-order chi connectivity index (χ0) is 13.5. The quantitative estimate of drug-likeness (QED) is 0.738. The highest BCUT2D eigenvalue weighted by atomic mass is 32.1. The van der Waals surface area contributed by atoms with E-state index in [2.05, 4.69) is 0 Å². The van der Waals surface area contributed by atoms with Crippen LogP contribution in [-0.2, 0) is 6.54 Å². The van der Waals surface area contributed by atoms with Gasteiger partial charge >= 0.3 is 0 Å². The van der Waals surface area contributed by atoms with E-state index in [0.29, 0.717) is 11.5 Å². The molecule has 3 nitrogen and oxygen atoms in total. The van der Waals surface area contributed by atoms with Crippen molar-refractivity contribution in [3.8, 4) is 0 Å². The molecule has 6 heteroatoms. The number of nitrogens with zero attached hydrogens (tertiary/aromatic N) is 1. The Balaban J connectivity index is 2.65. The number of thiocarbonyl (C=S) groups is 1. The second-order valence-electron chi connectivity index (χ2n) is 3.91. The van der Waals surface area contributed by atoms with Crippen molar-refractivity contribution in [1.82, 2.24) is 4.90 Å². The number of rotatable bonds is 7. The van der Waals surface area contributed by atoms with Crippen molar-refractivity contribution >= 4 is 17.2 Å². The number of aliphatic hydroxyl groups excluding tert-OH is 1. The first kappa shape index (κ1) is 14.9. The molecule has 0 spiro atoms. The van der Waals surface area contributed by atoms with Crippen molar-refractivity contribution in [3.05, 3.63) is 35.4 Å². The first-order chi connectivity index (χ1) is 8.52.